The van der Waals surface area contributed by atoms with Crippen molar-refractivity contribution in [2.45, 2.75) is 38.1 Å². The molecule has 6 N–H and O–H groups in total. The third kappa shape index (κ3) is 7.41. The molecule has 3 atom stereocenters. The molecule has 12 heteroatoms. The van der Waals surface area contributed by atoms with Crippen LogP contribution in [0, 0.1) is 6.92 Å². The number of aliphatic hydroxyl groups excluding tert-OH is 1. The lowest BCUT2D eigenvalue weighted by molar-refractivity contribution is -0.139. The fourth-order valence-corrected chi connectivity index (χ4v) is 4.04. The van der Waals surface area contributed by atoms with Gasteiger partial charge in [-0.1, -0.05) is 17.7 Å². The zero-order valence-electron chi connectivity index (χ0n) is 19.4. The molecule has 1 aliphatic heterocycles. The van der Waals surface area contributed by atoms with E-state index in [1.54, 1.807) is 25.1 Å². The molecule has 2 heterocycles. The van der Waals surface area contributed by atoms with Crippen molar-refractivity contribution in [2.75, 3.05) is 13.1 Å². The normalized spacial score (nSPS) is 18.1. The van der Waals surface area contributed by atoms with E-state index in [1.807, 2.05) is 0 Å². The molecule has 1 aromatic heterocycles. The van der Waals surface area contributed by atoms with Crippen molar-refractivity contribution in [3.8, 4) is 0 Å². The van der Waals surface area contributed by atoms with E-state index < -0.39 is 36.0 Å². The third-order valence-corrected chi connectivity index (χ3v) is 5.79. The summed E-state index contributed by atoms with van der Waals surface area (Å²) in [5.74, 6) is -2.33. The molecular weight excluding hydrogens is 492 g/mol. The molecule has 36 heavy (non-hydrogen) atoms. The first kappa shape index (κ1) is 26.9. The average molecular weight is 519 g/mol. The van der Waals surface area contributed by atoms with Gasteiger partial charge in [-0.3, -0.25) is 14.4 Å². The van der Waals surface area contributed by atoms with Crippen LogP contribution in [0.15, 0.2) is 41.0 Å². The summed E-state index contributed by atoms with van der Waals surface area (Å²) in [4.78, 5) is 48.7. The lowest BCUT2D eigenvalue weighted by Gasteiger charge is -2.18. The Balaban J connectivity index is 1.57. The topological polar surface area (TPSA) is 170 Å². The zero-order chi connectivity index (χ0) is 26.2. The molecule has 0 aliphatic carbocycles. The number of hydrogen-bond acceptors (Lipinski definition) is 7. The first-order valence-electron chi connectivity index (χ1n) is 11.1. The number of aryl methyl sites for hydroxylation is 1. The number of benzene rings is 1. The lowest BCUT2D eigenvalue weighted by atomic mass is 10.0. The molecule has 0 bridgehead atoms. The van der Waals surface area contributed by atoms with Crippen LogP contribution in [0.2, 0.25) is 5.02 Å². The summed E-state index contributed by atoms with van der Waals surface area (Å²) in [6.07, 6.45) is 3.92. The van der Waals surface area contributed by atoms with Crippen molar-refractivity contribution in [1.82, 2.24) is 21.3 Å². The Labute approximate surface area is 211 Å². The molecule has 1 saturated heterocycles. The highest BCUT2D eigenvalue weighted by atomic mass is 35.5. The molecule has 3 amide bonds. The number of hydrogen-bond donors (Lipinski definition) is 6. The van der Waals surface area contributed by atoms with Gasteiger partial charge in [-0.05, 0) is 48.7 Å². The Morgan fingerprint density at radius 2 is 2.06 bits per heavy atom. The van der Waals surface area contributed by atoms with Crippen molar-refractivity contribution in [3.63, 3.8) is 0 Å². The van der Waals surface area contributed by atoms with Crippen LogP contribution in [0.4, 0.5) is 0 Å². The van der Waals surface area contributed by atoms with E-state index in [-0.39, 0.29) is 42.5 Å². The van der Waals surface area contributed by atoms with Gasteiger partial charge < -0.3 is 35.9 Å². The highest BCUT2D eigenvalue weighted by Gasteiger charge is 2.30. The number of carbonyl (C=O) groups is 4. The van der Waals surface area contributed by atoms with Gasteiger partial charge in [0.15, 0.2) is 0 Å². The van der Waals surface area contributed by atoms with E-state index in [2.05, 4.69) is 21.3 Å². The summed E-state index contributed by atoms with van der Waals surface area (Å²) in [6, 6.07) is 4.55. The smallest absolute Gasteiger partial charge is 0.328 e. The summed E-state index contributed by atoms with van der Waals surface area (Å²) in [7, 11) is 0. The Kier molecular flexibility index (Phi) is 9.23. The Hall–Kier alpha value is -3.67. The molecule has 0 radical (unpaired) electrons. The molecule has 3 rings (SSSR count). The Morgan fingerprint density at radius 1 is 1.28 bits per heavy atom. The van der Waals surface area contributed by atoms with Gasteiger partial charge in [0.1, 0.15) is 11.8 Å². The average Bonchev–Trinajstić information content (AvgIpc) is 3.50. The maximum absolute atomic E-state index is 12.8. The molecule has 0 spiro atoms. The van der Waals surface area contributed by atoms with Crippen molar-refractivity contribution in [3.05, 3.63) is 64.1 Å². The Morgan fingerprint density at radius 3 is 2.67 bits per heavy atom. The summed E-state index contributed by atoms with van der Waals surface area (Å²) >= 11 is 6.31. The first-order valence-corrected chi connectivity index (χ1v) is 11.5. The number of aliphatic carboxylic acids is 1. The number of carboxylic acids is 1. The quantitative estimate of drug-likeness (QED) is 0.248. The first-order chi connectivity index (χ1) is 17.1. The van der Waals surface area contributed by atoms with Gasteiger partial charge in [0, 0.05) is 25.7 Å². The number of nitrogens with one attached hydrogen (secondary N) is 4. The number of amides is 3. The van der Waals surface area contributed by atoms with E-state index in [0.717, 1.165) is 0 Å². The van der Waals surface area contributed by atoms with E-state index in [0.29, 0.717) is 16.9 Å². The van der Waals surface area contributed by atoms with Gasteiger partial charge in [0.05, 0.1) is 29.0 Å². The largest absolute Gasteiger partial charge is 0.480 e. The number of carbonyl (C=O) groups excluding carboxylic acids is 3. The van der Waals surface area contributed by atoms with Gasteiger partial charge in [-0.2, -0.15) is 0 Å². The van der Waals surface area contributed by atoms with Crippen LogP contribution in [0.25, 0.3) is 6.08 Å². The number of β-amino-alcohol motifs (C(OH)–C–C–N with tert-alkyl or cyclic N) is 1. The van der Waals surface area contributed by atoms with Crippen molar-refractivity contribution in [2.24, 2.45) is 0 Å². The monoisotopic (exact) mass is 518 g/mol. The molecular formula is C24H27ClN4O7. The Bertz CT molecular complexity index is 1130. The fourth-order valence-electron chi connectivity index (χ4n) is 3.67. The van der Waals surface area contributed by atoms with Gasteiger partial charge >= 0.3 is 5.97 Å². The number of aliphatic hydroxyl groups is 1. The SMILES string of the molecule is Cc1cc(CNC(=O)/C=C/c2ccco2)cc(Cl)c1C(=O)N[C@@H](CNC(=O)[C@@H]1C[C@H](O)CN1)C(=O)O. The van der Waals surface area contributed by atoms with Crippen LogP contribution in [0.3, 0.4) is 0 Å². The molecule has 192 valence electrons. The number of furan rings is 1. The second-order valence-electron chi connectivity index (χ2n) is 8.30. The minimum Gasteiger partial charge on any atom is -0.480 e. The van der Waals surface area contributed by atoms with Gasteiger partial charge in [-0.15, -0.1) is 0 Å². The van der Waals surface area contributed by atoms with Crippen molar-refractivity contribution in [1.29, 1.82) is 0 Å². The predicted molar refractivity (Wildman–Crippen MR) is 130 cm³/mol. The third-order valence-electron chi connectivity index (χ3n) is 5.49. The van der Waals surface area contributed by atoms with Crippen molar-refractivity contribution >= 4 is 41.4 Å². The van der Waals surface area contributed by atoms with E-state index >= 15 is 0 Å². The van der Waals surface area contributed by atoms with Crippen LogP contribution < -0.4 is 21.3 Å². The molecule has 2 aromatic rings. The second-order valence-corrected chi connectivity index (χ2v) is 8.70. The summed E-state index contributed by atoms with van der Waals surface area (Å²) in [5.41, 5.74) is 1.21. The van der Waals surface area contributed by atoms with Crippen LogP contribution in [-0.2, 0) is 20.9 Å². The lowest BCUT2D eigenvalue weighted by Crippen LogP contribution is -2.51. The number of carboxylic acid groups (broad SMARTS) is 1. The fraction of sp³-hybridized carbons (Fsp3) is 0.333. The standard InChI is InChI=1S/C24H27ClN4O7/c1-13-7-14(10-27-20(31)5-4-16-3-2-6-36-16)8-17(25)21(13)23(33)29-19(24(34)35)12-28-22(32)18-9-15(30)11-26-18/h2-8,15,18-19,26,30H,9-12H2,1H3,(H,27,31)(H,28,32)(H,29,33)(H,34,35)/b5-4+/t15-,18-,19-/m0/s1. The predicted octanol–water partition coefficient (Wildman–Crippen LogP) is 0.593. The second kappa shape index (κ2) is 12.3. The summed E-state index contributed by atoms with van der Waals surface area (Å²) in [6.45, 7) is 1.71. The molecule has 11 nitrogen and oxygen atoms in total. The van der Waals surface area contributed by atoms with Gasteiger partial charge in [0.2, 0.25) is 11.8 Å². The maximum atomic E-state index is 12.8. The van der Waals surface area contributed by atoms with Crippen LogP contribution >= 0.6 is 11.6 Å². The molecule has 1 aromatic carbocycles. The van der Waals surface area contributed by atoms with E-state index in [1.165, 1.54) is 24.5 Å². The number of halogens is 1. The summed E-state index contributed by atoms with van der Waals surface area (Å²) < 4.78 is 5.12. The summed E-state index contributed by atoms with van der Waals surface area (Å²) in [5, 5.41) is 29.5. The van der Waals surface area contributed by atoms with Gasteiger partial charge in [-0.25, -0.2) is 4.79 Å². The minimum atomic E-state index is -1.40. The highest BCUT2D eigenvalue weighted by molar-refractivity contribution is 6.34. The van der Waals surface area contributed by atoms with Crippen molar-refractivity contribution < 1.29 is 33.8 Å². The molecule has 1 aliphatic rings. The van der Waals surface area contributed by atoms with E-state index in [4.69, 9.17) is 16.0 Å². The van der Waals surface area contributed by atoms with Crippen LogP contribution in [-0.4, -0.2) is 65.2 Å². The van der Waals surface area contributed by atoms with E-state index in [9.17, 15) is 29.4 Å². The number of rotatable bonds is 10. The molecule has 0 unspecified atom stereocenters. The van der Waals surface area contributed by atoms with Crippen LogP contribution in [0.1, 0.15) is 33.7 Å². The molecule has 0 saturated carbocycles. The highest BCUT2D eigenvalue weighted by Crippen LogP contribution is 2.22. The molecule has 1 fully saturated rings. The minimum absolute atomic E-state index is 0.0835. The maximum Gasteiger partial charge on any atom is 0.328 e. The zero-order valence-corrected chi connectivity index (χ0v) is 20.2. The van der Waals surface area contributed by atoms with Gasteiger partial charge in [0.25, 0.3) is 5.91 Å². The van der Waals surface area contributed by atoms with Crippen LogP contribution in [0.5, 0.6) is 0 Å².